The molecule has 2 aromatic rings. The van der Waals surface area contributed by atoms with Gasteiger partial charge in [0, 0.05) is 18.5 Å². The van der Waals surface area contributed by atoms with Gasteiger partial charge in [0.25, 0.3) is 0 Å². The average Bonchev–Trinajstić information content (AvgIpc) is 2.39. The van der Waals surface area contributed by atoms with E-state index < -0.39 is 5.97 Å². The highest BCUT2D eigenvalue weighted by molar-refractivity contribution is 5.85. The molecule has 0 aliphatic rings. The molecule has 2 rings (SSSR count). The Morgan fingerprint density at radius 1 is 1.17 bits per heavy atom. The maximum Gasteiger partial charge on any atom is 0.328 e. The van der Waals surface area contributed by atoms with Gasteiger partial charge in [-0.3, -0.25) is 4.98 Å². The lowest BCUT2D eigenvalue weighted by Gasteiger charge is -2.01. The van der Waals surface area contributed by atoms with Crippen LogP contribution in [0.5, 0.6) is 0 Å². The lowest BCUT2D eigenvalue weighted by molar-refractivity contribution is -0.131. The quantitative estimate of drug-likeness (QED) is 0.834. The van der Waals surface area contributed by atoms with Crippen molar-refractivity contribution in [1.29, 1.82) is 0 Å². The van der Waals surface area contributed by atoms with Crippen LogP contribution < -0.4 is 0 Å². The summed E-state index contributed by atoms with van der Waals surface area (Å²) >= 11 is 0. The Balaban J connectivity index is 2.06. The van der Waals surface area contributed by atoms with Gasteiger partial charge in [-0.25, -0.2) is 4.79 Å². The summed E-state index contributed by atoms with van der Waals surface area (Å²) in [6.07, 6.45) is 7.14. The molecule has 3 nitrogen and oxygen atoms in total. The molecule has 90 valence electrons. The number of aliphatic carboxylic acids is 1. The summed E-state index contributed by atoms with van der Waals surface area (Å²) in [4.78, 5) is 14.5. The molecule has 0 bridgehead atoms. The molecular formula is C15H13NO2. The Kier molecular flexibility index (Phi) is 3.86. The van der Waals surface area contributed by atoms with Gasteiger partial charge in [0.15, 0.2) is 0 Å². The summed E-state index contributed by atoms with van der Waals surface area (Å²) in [7, 11) is 0. The fraction of sp³-hybridized carbons (Fsp3) is 0.0667. The second-order valence-corrected chi connectivity index (χ2v) is 3.95. The highest BCUT2D eigenvalue weighted by Gasteiger charge is 1.96. The molecule has 1 aromatic carbocycles. The highest BCUT2D eigenvalue weighted by Crippen LogP contribution is 2.10. The van der Waals surface area contributed by atoms with Crippen LogP contribution in [0.3, 0.4) is 0 Å². The van der Waals surface area contributed by atoms with Gasteiger partial charge in [-0.2, -0.15) is 0 Å². The molecule has 0 saturated heterocycles. The van der Waals surface area contributed by atoms with Crippen LogP contribution in [-0.4, -0.2) is 16.1 Å². The number of carboxylic acid groups (broad SMARTS) is 1. The number of benzene rings is 1. The van der Waals surface area contributed by atoms with Gasteiger partial charge in [-0.15, -0.1) is 0 Å². The van der Waals surface area contributed by atoms with Gasteiger partial charge in [0.1, 0.15) is 0 Å². The minimum absolute atomic E-state index is 0.830. The number of nitrogens with zero attached hydrogens (tertiary/aromatic N) is 1. The Labute approximate surface area is 105 Å². The maximum absolute atomic E-state index is 10.4. The van der Waals surface area contributed by atoms with Crippen molar-refractivity contribution in [2.75, 3.05) is 0 Å². The van der Waals surface area contributed by atoms with Gasteiger partial charge >= 0.3 is 5.97 Å². The monoisotopic (exact) mass is 239 g/mol. The number of hydrogen-bond donors (Lipinski definition) is 1. The molecular weight excluding hydrogens is 226 g/mol. The summed E-state index contributed by atoms with van der Waals surface area (Å²) < 4.78 is 0. The van der Waals surface area contributed by atoms with E-state index in [4.69, 9.17) is 5.11 Å². The van der Waals surface area contributed by atoms with Crippen molar-refractivity contribution in [1.82, 2.24) is 4.98 Å². The molecule has 0 fully saturated rings. The van der Waals surface area contributed by atoms with Crippen LogP contribution in [0.15, 0.2) is 54.9 Å². The molecule has 0 aliphatic carbocycles. The van der Waals surface area contributed by atoms with E-state index in [0.29, 0.717) is 0 Å². The Hall–Kier alpha value is -2.42. The zero-order valence-electron chi connectivity index (χ0n) is 9.78. The Morgan fingerprint density at radius 2 is 1.94 bits per heavy atom. The van der Waals surface area contributed by atoms with E-state index in [1.165, 1.54) is 5.56 Å². The minimum atomic E-state index is -0.936. The molecule has 0 radical (unpaired) electrons. The predicted octanol–water partition coefficient (Wildman–Crippen LogP) is 2.77. The SMILES string of the molecule is O=C(O)/C=C/c1ccc(Cc2cccnc2)cc1. The summed E-state index contributed by atoms with van der Waals surface area (Å²) in [6.45, 7) is 0. The van der Waals surface area contributed by atoms with E-state index in [1.807, 2.05) is 42.6 Å². The topological polar surface area (TPSA) is 50.2 Å². The first kappa shape index (κ1) is 12.0. The summed E-state index contributed by atoms with van der Waals surface area (Å²) in [5.74, 6) is -0.936. The third kappa shape index (κ3) is 3.56. The molecule has 0 amide bonds. The van der Waals surface area contributed by atoms with Crippen molar-refractivity contribution in [3.8, 4) is 0 Å². The van der Waals surface area contributed by atoms with Crippen molar-refractivity contribution < 1.29 is 9.90 Å². The lowest BCUT2D eigenvalue weighted by atomic mass is 10.0. The number of carbonyl (C=O) groups is 1. The number of hydrogen-bond acceptors (Lipinski definition) is 2. The van der Waals surface area contributed by atoms with Crippen LogP contribution in [0.25, 0.3) is 6.08 Å². The van der Waals surface area contributed by atoms with E-state index in [-0.39, 0.29) is 0 Å². The fourth-order valence-corrected chi connectivity index (χ4v) is 1.65. The number of pyridine rings is 1. The molecule has 3 heteroatoms. The number of carboxylic acids is 1. The molecule has 0 aliphatic heterocycles. The maximum atomic E-state index is 10.4. The van der Waals surface area contributed by atoms with Crippen LogP contribution in [-0.2, 0) is 11.2 Å². The molecule has 1 aromatic heterocycles. The van der Waals surface area contributed by atoms with E-state index in [9.17, 15) is 4.79 Å². The first-order valence-corrected chi connectivity index (χ1v) is 5.63. The lowest BCUT2D eigenvalue weighted by Crippen LogP contribution is -1.89. The van der Waals surface area contributed by atoms with Gasteiger partial charge in [0.05, 0.1) is 0 Å². The first-order valence-electron chi connectivity index (χ1n) is 5.63. The Morgan fingerprint density at radius 3 is 2.56 bits per heavy atom. The third-order valence-corrected chi connectivity index (χ3v) is 2.53. The van der Waals surface area contributed by atoms with Crippen LogP contribution in [0.4, 0.5) is 0 Å². The standard InChI is InChI=1S/C15H13NO2/c17-15(18)8-7-12-3-5-13(6-4-12)10-14-2-1-9-16-11-14/h1-9,11H,10H2,(H,17,18)/b8-7+. The largest absolute Gasteiger partial charge is 0.478 e. The molecule has 18 heavy (non-hydrogen) atoms. The Bertz CT molecular complexity index is 544. The number of aromatic nitrogens is 1. The zero-order chi connectivity index (χ0) is 12.8. The minimum Gasteiger partial charge on any atom is -0.478 e. The van der Waals surface area contributed by atoms with Crippen molar-refractivity contribution in [3.63, 3.8) is 0 Å². The summed E-state index contributed by atoms with van der Waals surface area (Å²) in [5.41, 5.74) is 3.22. The molecule has 0 unspecified atom stereocenters. The van der Waals surface area contributed by atoms with E-state index in [2.05, 4.69) is 4.98 Å². The highest BCUT2D eigenvalue weighted by atomic mass is 16.4. The first-order chi connectivity index (χ1) is 8.74. The molecule has 1 N–H and O–H groups in total. The van der Waals surface area contributed by atoms with Crippen molar-refractivity contribution in [2.45, 2.75) is 6.42 Å². The smallest absolute Gasteiger partial charge is 0.328 e. The molecule has 0 spiro atoms. The third-order valence-electron chi connectivity index (χ3n) is 2.53. The second kappa shape index (κ2) is 5.77. The van der Waals surface area contributed by atoms with Crippen molar-refractivity contribution in [3.05, 3.63) is 71.6 Å². The normalized spacial score (nSPS) is 10.7. The fourth-order valence-electron chi connectivity index (χ4n) is 1.65. The van der Waals surface area contributed by atoms with Gasteiger partial charge in [0.2, 0.25) is 0 Å². The van der Waals surface area contributed by atoms with E-state index in [1.54, 1.807) is 12.3 Å². The summed E-state index contributed by atoms with van der Waals surface area (Å²) in [6, 6.07) is 11.8. The van der Waals surface area contributed by atoms with Crippen LogP contribution in [0, 0.1) is 0 Å². The van der Waals surface area contributed by atoms with Crippen molar-refractivity contribution in [2.24, 2.45) is 0 Å². The molecule has 0 saturated carbocycles. The van der Waals surface area contributed by atoms with E-state index >= 15 is 0 Å². The average molecular weight is 239 g/mol. The molecule has 0 atom stereocenters. The van der Waals surface area contributed by atoms with Crippen LogP contribution in [0.2, 0.25) is 0 Å². The van der Waals surface area contributed by atoms with E-state index in [0.717, 1.165) is 23.6 Å². The number of rotatable bonds is 4. The van der Waals surface area contributed by atoms with Gasteiger partial charge < -0.3 is 5.11 Å². The zero-order valence-corrected chi connectivity index (χ0v) is 9.78. The summed E-state index contributed by atoms with van der Waals surface area (Å²) in [5, 5.41) is 8.53. The van der Waals surface area contributed by atoms with Crippen molar-refractivity contribution >= 4 is 12.0 Å². The predicted molar refractivity (Wildman–Crippen MR) is 70.2 cm³/mol. The molecule has 1 heterocycles. The van der Waals surface area contributed by atoms with Crippen LogP contribution >= 0.6 is 0 Å². The van der Waals surface area contributed by atoms with Crippen LogP contribution in [0.1, 0.15) is 16.7 Å². The van der Waals surface area contributed by atoms with Gasteiger partial charge in [-0.1, -0.05) is 30.3 Å². The second-order valence-electron chi connectivity index (χ2n) is 3.95. The van der Waals surface area contributed by atoms with Gasteiger partial charge in [-0.05, 0) is 35.3 Å².